The van der Waals surface area contributed by atoms with Gasteiger partial charge in [-0.25, -0.2) is 0 Å². The molecule has 3 heteroatoms. The summed E-state index contributed by atoms with van der Waals surface area (Å²) in [5.41, 5.74) is 2.51. The predicted molar refractivity (Wildman–Crippen MR) is 78.4 cm³/mol. The minimum absolute atomic E-state index is 0.629. The fraction of sp³-hybridized carbons (Fsp3) is 0.438. The molecule has 1 aliphatic carbocycles. The van der Waals surface area contributed by atoms with Gasteiger partial charge >= 0.3 is 0 Å². The van der Waals surface area contributed by atoms with Gasteiger partial charge in [0.2, 0.25) is 0 Å². The van der Waals surface area contributed by atoms with Crippen molar-refractivity contribution < 1.29 is 0 Å². The second-order valence-corrected chi connectivity index (χ2v) is 5.31. The summed E-state index contributed by atoms with van der Waals surface area (Å²) in [4.78, 5) is 0. The molecule has 0 atom stereocenters. The molecule has 19 heavy (non-hydrogen) atoms. The molecule has 1 aromatic carbocycles. The minimum atomic E-state index is 0.629. The molecule has 0 saturated heterocycles. The number of anilines is 1. The molecular formula is C16H21N3. The zero-order chi connectivity index (χ0) is 12.9. The Balaban J connectivity index is 1.50. The predicted octanol–water partition coefficient (Wildman–Crippen LogP) is 3.65. The first kappa shape index (κ1) is 12.3. The Labute approximate surface area is 114 Å². The van der Waals surface area contributed by atoms with Crippen molar-refractivity contribution in [3.8, 4) is 0 Å². The van der Waals surface area contributed by atoms with Crippen LogP contribution in [0, 0.1) is 0 Å². The van der Waals surface area contributed by atoms with Gasteiger partial charge in [0.15, 0.2) is 0 Å². The van der Waals surface area contributed by atoms with Crippen molar-refractivity contribution in [2.75, 3.05) is 11.9 Å². The van der Waals surface area contributed by atoms with Crippen LogP contribution in [-0.4, -0.2) is 16.3 Å². The number of aromatic nitrogens is 2. The van der Waals surface area contributed by atoms with E-state index in [2.05, 4.69) is 51.6 Å². The van der Waals surface area contributed by atoms with Crippen LogP contribution < -0.4 is 5.32 Å². The smallest absolute Gasteiger partial charge is 0.0726 e. The third-order valence-electron chi connectivity index (χ3n) is 3.89. The Kier molecular flexibility index (Phi) is 3.82. The molecule has 3 nitrogen and oxygen atoms in total. The van der Waals surface area contributed by atoms with Gasteiger partial charge in [-0.15, -0.1) is 0 Å². The van der Waals surface area contributed by atoms with Crippen molar-refractivity contribution >= 4 is 5.69 Å². The topological polar surface area (TPSA) is 29.9 Å². The van der Waals surface area contributed by atoms with Crippen LogP contribution >= 0.6 is 0 Å². The minimum Gasteiger partial charge on any atom is -0.382 e. The summed E-state index contributed by atoms with van der Waals surface area (Å²) in [7, 11) is 0. The third-order valence-corrected chi connectivity index (χ3v) is 3.89. The highest BCUT2D eigenvalue weighted by atomic mass is 15.3. The molecule has 0 radical (unpaired) electrons. The number of nitrogens with one attached hydrogen (secondary N) is 1. The summed E-state index contributed by atoms with van der Waals surface area (Å²) in [5.74, 6) is 0. The molecule has 100 valence electrons. The maximum Gasteiger partial charge on any atom is 0.0726 e. The molecule has 0 amide bonds. The van der Waals surface area contributed by atoms with Crippen LogP contribution in [0.25, 0.3) is 0 Å². The van der Waals surface area contributed by atoms with Crippen molar-refractivity contribution in [3.63, 3.8) is 0 Å². The van der Waals surface area contributed by atoms with Gasteiger partial charge in [0.25, 0.3) is 0 Å². The van der Waals surface area contributed by atoms with Gasteiger partial charge < -0.3 is 5.32 Å². The molecule has 1 fully saturated rings. The van der Waals surface area contributed by atoms with Crippen LogP contribution in [-0.2, 0) is 6.42 Å². The first-order chi connectivity index (χ1) is 9.42. The SMILES string of the molecule is c1ccc(CCNc2cnn(C3CCCC3)c2)cc1. The molecule has 1 heterocycles. The van der Waals surface area contributed by atoms with Gasteiger partial charge in [-0.3, -0.25) is 4.68 Å². The lowest BCUT2D eigenvalue weighted by Gasteiger charge is -2.08. The average molecular weight is 255 g/mol. The molecule has 0 aliphatic heterocycles. The molecule has 1 N–H and O–H groups in total. The largest absolute Gasteiger partial charge is 0.382 e. The Morgan fingerprint density at radius 2 is 1.95 bits per heavy atom. The summed E-state index contributed by atoms with van der Waals surface area (Å²) >= 11 is 0. The normalized spacial score (nSPS) is 15.8. The zero-order valence-corrected chi connectivity index (χ0v) is 11.3. The van der Waals surface area contributed by atoms with E-state index in [-0.39, 0.29) is 0 Å². The van der Waals surface area contributed by atoms with Gasteiger partial charge in [-0.1, -0.05) is 43.2 Å². The van der Waals surface area contributed by atoms with Gasteiger partial charge in [0.05, 0.1) is 17.9 Å². The number of rotatable bonds is 5. The quantitative estimate of drug-likeness (QED) is 0.883. The summed E-state index contributed by atoms with van der Waals surface area (Å²) in [5, 5.41) is 7.93. The van der Waals surface area contributed by atoms with Crippen molar-refractivity contribution in [2.24, 2.45) is 0 Å². The molecular weight excluding hydrogens is 234 g/mol. The lowest BCUT2D eigenvalue weighted by atomic mass is 10.1. The molecule has 0 spiro atoms. The summed E-state index contributed by atoms with van der Waals surface area (Å²) in [6.07, 6.45) is 10.4. The maximum atomic E-state index is 4.48. The first-order valence-electron chi connectivity index (χ1n) is 7.24. The molecule has 1 aromatic heterocycles. The van der Waals surface area contributed by atoms with E-state index in [0.29, 0.717) is 6.04 Å². The first-order valence-corrected chi connectivity index (χ1v) is 7.24. The molecule has 0 unspecified atom stereocenters. The number of hydrogen-bond acceptors (Lipinski definition) is 2. The fourth-order valence-electron chi connectivity index (χ4n) is 2.79. The van der Waals surface area contributed by atoms with Crippen molar-refractivity contribution in [2.45, 2.75) is 38.1 Å². The van der Waals surface area contributed by atoms with Crippen molar-refractivity contribution in [3.05, 3.63) is 48.3 Å². The molecule has 0 bridgehead atoms. The summed E-state index contributed by atoms with van der Waals surface area (Å²) in [6.45, 7) is 0.959. The molecule has 1 aliphatic rings. The third kappa shape index (κ3) is 3.16. The van der Waals surface area contributed by atoms with E-state index in [1.807, 2.05) is 6.20 Å². The summed E-state index contributed by atoms with van der Waals surface area (Å²) < 4.78 is 2.14. The van der Waals surface area contributed by atoms with E-state index in [0.717, 1.165) is 18.7 Å². The summed E-state index contributed by atoms with van der Waals surface area (Å²) in [6, 6.07) is 11.2. The van der Waals surface area contributed by atoms with E-state index in [4.69, 9.17) is 0 Å². The van der Waals surface area contributed by atoms with Gasteiger partial charge in [0.1, 0.15) is 0 Å². The Morgan fingerprint density at radius 1 is 1.16 bits per heavy atom. The highest BCUT2D eigenvalue weighted by molar-refractivity contribution is 5.38. The van der Waals surface area contributed by atoms with E-state index < -0.39 is 0 Å². The second kappa shape index (κ2) is 5.91. The van der Waals surface area contributed by atoms with E-state index in [9.17, 15) is 0 Å². The van der Waals surface area contributed by atoms with Gasteiger partial charge in [-0.05, 0) is 24.8 Å². The van der Waals surface area contributed by atoms with Crippen molar-refractivity contribution in [1.29, 1.82) is 0 Å². The van der Waals surface area contributed by atoms with Crippen LogP contribution in [0.1, 0.15) is 37.3 Å². The monoisotopic (exact) mass is 255 g/mol. The number of benzene rings is 1. The Morgan fingerprint density at radius 3 is 2.74 bits per heavy atom. The zero-order valence-electron chi connectivity index (χ0n) is 11.3. The van der Waals surface area contributed by atoms with Crippen LogP contribution in [0.5, 0.6) is 0 Å². The molecule has 1 saturated carbocycles. The molecule has 3 rings (SSSR count). The lowest BCUT2D eigenvalue weighted by molar-refractivity contribution is 0.467. The van der Waals surface area contributed by atoms with Crippen LogP contribution in [0.2, 0.25) is 0 Å². The highest BCUT2D eigenvalue weighted by Gasteiger charge is 2.17. The Bertz CT molecular complexity index is 498. The highest BCUT2D eigenvalue weighted by Crippen LogP contribution is 2.29. The standard InChI is InChI=1S/C16H21N3/c1-2-6-14(7-3-1)10-11-17-15-12-18-19(13-15)16-8-4-5-9-16/h1-3,6-7,12-13,16-17H,4-5,8-11H2. The lowest BCUT2D eigenvalue weighted by Crippen LogP contribution is -2.05. The van der Waals surface area contributed by atoms with Gasteiger partial charge in [0, 0.05) is 12.7 Å². The van der Waals surface area contributed by atoms with Gasteiger partial charge in [-0.2, -0.15) is 5.10 Å². The van der Waals surface area contributed by atoms with E-state index >= 15 is 0 Å². The van der Waals surface area contributed by atoms with Crippen molar-refractivity contribution in [1.82, 2.24) is 9.78 Å². The van der Waals surface area contributed by atoms with Crippen LogP contribution in [0.3, 0.4) is 0 Å². The Hall–Kier alpha value is -1.77. The van der Waals surface area contributed by atoms with Crippen LogP contribution in [0.4, 0.5) is 5.69 Å². The number of hydrogen-bond donors (Lipinski definition) is 1. The van der Waals surface area contributed by atoms with E-state index in [1.165, 1.54) is 31.2 Å². The maximum absolute atomic E-state index is 4.48. The average Bonchev–Trinajstić information content (AvgIpc) is 3.10. The van der Waals surface area contributed by atoms with Crippen LogP contribution in [0.15, 0.2) is 42.7 Å². The van der Waals surface area contributed by atoms with E-state index in [1.54, 1.807) is 0 Å². The second-order valence-electron chi connectivity index (χ2n) is 5.31. The number of nitrogens with zero attached hydrogens (tertiary/aromatic N) is 2. The fourth-order valence-corrected chi connectivity index (χ4v) is 2.79. The molecule has 2 aromatic rings.